The van der Waals surface area contributed by atoms with Crippen molar-refractivity contribution in [3.63, 3.8) is 0 Å². The number of hydrogen-bond donors (Lipinski definition) is 2. The highest BCUT2D eigenvalue weighted by molar-refractivity contribution is 5.24. The van der Waals surface area contributed by atoms with Crippen LogP contribution in [0.5, 0.6) is 5.75 Å². The van der Waals surface area contributed by atoms with Crippen LogP contribution in [0, 0.1) is 0 Å². The van der Waals surface area contributed by atoms with E-state index in [1.807, 2.05) is 6.07 Å². The second-order valence-corrected chi connectivity index (χ2v) is 4.41. The summed E-state index contributed by atoms with van der Waals surface area (Å²) in [5.41, 5.74) is 0.386. The van der Waals surface area contributed by atoms with Crippen LogP contribution in [-0.4, -0.2) is 35.9 Å². The maximum absolute atomic E-state index is 10.4. The normalized spacial score (nSPS) is 25.4. The van der Waals surface area contributed by atoms with Gasteiger partial charge in [0.25, 0.3) is 0 Å². The van der Waals surface area contributed by atoms with Crippen molar-refractivity contribution in [2.75, 3.05) is 20.2 Å². The standard InChI is InChI=1S/C12H18N2O2/c1-16-11-5-10(7-14-8-11)6-12(15)3-2-4-13-9-12/h5,7-8,13,15H,2-4,6,9H2,1H3. The zero-order valence-corrected chi connectivity index (χ0v) is 9.57. The first-order valence-electron chi connectivity index (χ1n) is 5.63. The van der Waals surface area contributed by atoms with Crippen molar-refractivity contribution in [1.82, 2.24) is 10.3 Å². The number of ether oxygens (including phenoxy) is 1. The zero-order chi connectivity index (χ0) is 11.4. The third-order valence-electron chi connectivity index (χ3n) is 2.99. The minimum Gasteiger partial charge on any atom is -0.495 e. The Bertz CT molecular complexity index is 349. The van der Waals surface area contributed by atoms with E-state index in [1.54, 1.807) is 19.5 Å². The van der Waals surface area contributed by atoms with Crippen LogP contribution in [0.1, 0.15) is 18.4 Å². The molecule has 1 fully saturated rings. The molecule has 0 radical (unpaired) electrons. The third kappa shape index (κ3) is 2.71. The molecule has 0 spiro atoms. The fraction of sp³-hybridized carbons (Fsp3) is 0.583. The molecule has 4 heteroatoms. The van der Waals surface area contributed by atoms with E-state index >= 15 is 0 Å². The molecule has 4 nitrogen and oxygen atoms in total. The Morgan fingerprint density at radius 3 is 3.12 bits per heavy atom. The lowest BCUT2D eigenvalue weighted by Gasteiger charge is -2.32. The van der Waals surface area contributed by atoms with Crippen molar-refractivity contribution < 1.29 is 9.84 Å². The van der Waals surface area contributed by atoms with Crippen LogP contribution in [0.2, 0.25) is 0 Å². The molecule has 1 aliphatic heterocycles. The van der Waals surface area contributed by atoms with E-state index in [9.17, 15) is 5.11 Å². The highest BCUT2D eigenvalue weighted by Crippen LogP contribution is 2.22. The molecule has 0 bridgehead atoms. The molecular weight excluding hydrogens is 204 g/mol. The van der Waals surface area contributed by atoms with Gasteiger partial charge in [0.1, 0.15) is 5.75 Å². The zero-order valence-electron chi connectivity index (χ0n) is 9.57. The average Bonchev–Trinajstić information content (AvgIpc) is 2.29. The summed E-state index contributed by atoms with van der Waals surface area (Å²) in [6.07, 6.45) is 5.96. The Balaban J connectivity index is 2.07. The minimum atomic E-state index is -0.633. The number of pyridine rings is 1. The molecule has 2 N–H and O–H groups in total. The molecule has 2 rings (SSSR count). The van der Waals surface area contributed by atoms with Gasteiger partial charge in [0.05, 0.1) is 18.9 Å². The third-order valence-corrected chi connectivity index (χ3v) is 2.99. The molecule has 0 saturated carbocycles. The molecule has 1 unspecified atom stereocenters. The predicted molar refractivity (Wildman–Crippen MR) is 61.5 cm³/mol. The fourth-order valence-electron chi connectivity index (χ4n) is 2.15. The van der Waals surface area contributed by atoms with Crippen molar-refractivity contribution >= 4 is 0 Å². The summed E-state index contributed by atoms with van der Waals surface area (Å²) in [6.45, 7) is 1.66. The molecule has 2 heterocycles. The van der Waals surface area contributed by atoms with E-state index in [0.717, 1.165) is 30.7 Å². The molecule has 1 aromatic rings. The number of methoxy groups -OCH3 is 1. The lowest BCUT2D eigenvalue weighted by molar-refractivity contribution is 0.0168. The van der Waals surface area contributed by atoms with Gasteiger partial charge in [0, 0.05) is 19.2 Å². The average molecular weight is 222 g/mol. The van der Waals surface area contributed by atoms with Gasteiger partial charge >= 0.3 is 0 Å². The SMILES string of the molecule is COc1cncc(CC2(O)CCCNC2)c1. The number of nitrogens with one attached hydrogen (secondary N) is 1. The van der Waals surface area contributed by atoms with Crippen LogP contribution >= 0.6 is 0 Å². The van der Waals surface area contributed by atoms with Crippen LogP contribution in [0.4, 0.5) is 0 Å². The van der Waals surface area contributed by atoms with E-state index < -0.39 is 5.60 Å². The fourth-order valence-corrected chi connectivity index (χ4v) is 2.15. The van der Waals surface area contributed by atoms with Gasteiger partial charge in [-0.1, -0.05) is 0 Å². The van der Waals surface area contributed by atoms with Gasteiger partial charge in [0.2, 0.25) is 0 Å². The topological polar surface area (TPSA) is 54.4 Å². The highest BCUT2D eigenvalue weighted by Gasteiger charge is 2.29. The molecule has 16 heavy (non-hydrogen) atoms. The number of β-amino-alcohol motifs (C(OH)–C–C–N with tert-alkyl or cyclic N) is 1. The maximum atomic E-state index is 10.4. The largest absolute Gasteiger partial charge is 0.495 e. The summed E-state index contributed by atoms with van der Waals surface area (Å²) >= 11 is 0. The van der Waals surface area contributed by atoms with Gasteiger partial charge < -0.3 is 15.2 Å². The molecule has 0 aromatic carbocycles. The first kappa shape index (κ1) is 11.4. The number of hydrogen-bond acceptors (Lipinski definition) is 4. The van der Waals surface area contributed by atoms with Crippen LogP contribution in [0.15, 0.2) is 18.5 Å². The molecule has 1 atom stereocenters. The van der Waals surface area contributed by atoms with E-state index in [0.29, 0.717) is 13.0 Å². The molecule has 1 aliphatic rings. The summed E-state index contributed by atoms with van der Waals surface area (Å²) in [5.74, 6) is 0.741. The Kier molecular flexibility index (Phi) is 3.41. The molecule has 88 valence electrons. The number of aliphatic hydroxyl groups is 1. The van der Waals surface area contributed by atoms with Gasteiger partial charge in [-0.05, 0) is 31.0 Å². The first-order valence-corrected chi connectivity index (χ1v) is 5.63. The molecule has 1 saturated heterocycles. The summed E-state index contributed by atoms with van der Waals surface area (Å²) < 4.78 is 5.12. The quantitative estimate of drug-likeness (QED) is 0.792. The van der Waals surface area contributed by atoms with Crippen molar-refractivity contribution in [1.29, 1.82) is 0 Å². The van der Waals surface area contributed by atoms with Crippen molar-refractivity contribution in [3.8, 4) is 5.75 Å². The van der Waals surface area contributed by atoms with E-state index in [-0.39, 0.29) is 0 Å². The molecule has 0 aliphatic carbocycles. The van der Waals surface area contributed by atoms with Gasteiger partial charge in [-0.25, -0.2) is 0 Å². The summed E-state index contributed by atoms with van der Waals surface area (Å²) in [7, 11) is 1.62. The highest BCUT2D eigenvalue weighted by atomic mass is 16.5. The maximum Gasteiger partial charge on any atom is 0.137 e. The lowest BCUT2D eigenvalue weighted by Crippen LogP contribution is -2.47. The number of rotatable bonds is 3. The number of aromatic nitrogens is 1. The number of piperidine rings is 1. The van der Waals surface area contributed by atoms with Gasteiger partial charge in [0.15, 0.2) is 0 Å². The van der Waals surface area contributed by atoms with Crippen LogP contribution in [0.25, 0.3) is 0 Å². The second-order valence-electron chi connectivity index (χ2n) is 4.41. The van der Waals surface area contributed by atoms with Gasteiger partial charge in [-0.3, -0.25) is 4.98 Å². The summed E-state index contributed by atoms with van der Waals surface area (Å²) in [5, 5.41) is 13.6. The van der Waals surface area contributed by atoms with Gasteiger partial charge in [-0.15, -0.1) is 0 Å². The van der Waals surface area contributed by atoms with E-state index in [4.69, 9.17) is 4.74 Å². The second kappa shape index (κ2) is 4.80. The smallest absolute Gasteiger partial charge is 0.137 e. The van der Waals surface area contributed by atoms with Gasteiger partial charge in [-0.2, -0.15) is 0 Å². The number of nitrogens with zero attached hydrogens (tertiary/aromatic N) is 1. The van der Waals surface area contributed by atoms with Crippen LogP contribution in [-0.2, 0) is 6.42 Å². The van der Waals surface area contributed by atoms with Crippen LogP contribution < -0.4 is 10.1 Å². The van der Waals surface area contributed by atoms with Crippen molar-refractivity contribution in [3.05, 3.63) is 24.0 Å². The predicted octanol–water partition coefficient (Wildman–Crippen LogP) is 0.747. The Morgan fingerprint density at radius 2 is 2.44 bits per heavy atom. The Labute approximate surface area is 95.7 Å². The lowest BCUT2D eigenvalue weighted by atomic mass is 9.88. The van der Waals surface area contributed by atoms with Crippen molar-refractivity contribution in [2.45, 2.75) is 24.9 Å². The van der Waals surface area contributed by atoms with Crippen molar-refractivity contribution in [2.24, 2.45) is 0 Å². The summed E-state index contributed by atoms with van der Waals surface area (Å²) in [4.78, 5) is 4.10. The van der Waals surface area contributed by atoms with E-state index in [1.165, 1.54) is 0 Å². The van der Waals surface area contributed by atoms with Crippen LogP contribution in [0.3, 0.4) is 0 Å². The molecule has 1 aromatic heterocycles. The molecule has 0 amide bonds. The Morgan fingerprint density at radius 1 is 1.56 bits per heavy atom. The minimum absolute atomic E-state index is 0.629. The summed E-state index contributed by atoms with van der Waals surface area (Å²) in [6, 6.07) is 1.93. The van der Waals surface area contributed by atoms with E-state index in [2.05, 4.69) is 10.3 Å². The first-order chi connectivity index (χ1) is 7.72. The Hall–Kier alpha value is -1.13. The molecular formula is C12H18N2O2. The monoisotopic (exact) mass is 222 g/mol.